The summed E-state index contributed by atoms with van der Waals surface area (Å²) in [4.78, 5) is 14.8. The van der Waals surface area contributed by atoms with Gasteiger partial charge in [-0.2, -0.15) is 0 Å². The van der Waals surface area contributed by atoms with E-state index < -0.39 is 0 Å². The van der Waals surface area contributed by atoms with Crippen molar-refractivity contribution in [1.29, 1.82) is 0 Å². The molecule has 2 amide bonds. The molecule has 4 rings (SSSR count). The summed E-state index contributed by atoms with van der Waals surface area (Å²) >= 11 is 0. The van der Waals surface area contributed by atoms with Crippen LogP contribution in [0.1, 0.15) is 89.9 Å². The van der Waals surface area contributed by atoms with Crippen LogP contribution in [0.3, 0.4) is 0 Å². The number of nitrogens with one attached hydrogen (secondary N) is 2. The SMILES string of the molecule is O=C(NC1CCCCC1)NC1CCN(CC2CCC3(CCCCC3)O2)CC1. The summed E-state index contributed by atoms with van der Waals surface area (Å²) in [6.07, 6.45) is 17.9. The highest BCUT2D eigenvalue weighted by atomic mass is 16.5. The van der Waals surface area contributed by atoms with Crippen molar-refractivity contribution in [2.24, 2.45) is 0 Å². The van der Waals surface area contributed by atoms with Crippen LogP contribution in [-0.2, 0) is 4.74 Å². The molecule has 2 saturated carbocycles. The number of likely N-dealkylation sites (tertiary alicyclic amines) is 1. The van der Waals surface area contributed by atoms with Crippen LogP contribution in [0.5, 0.6) is 0 Å². The predicted octanol–water partition coefficient (Wildman–Crippen LogP) is 3.96. The maximum Gasteiger partial charge on any atom is 0.315 e. The van der Waals surface area contributed by atoms with E-state index in [9.17, 15) is 4.79 Å². The molecule has 4 fully saturated rings. The second-order valence-corrected chi connectivity index (χ2v) is 9.55. The van der Waals surface area contributed by atoms with E-state index in [-0.39, 0.29) is 11.6 Å². The smallest absolute Gasteiger partial charge is 0.315 e. The van der Waals surface area contributed by atoms with Crippen molar-refractivity contribution in [3.05, 3.63) is 0 Å². The molecule has 0 aromatic carbocycles. The first-order valence-electron chi connectivity index (χ1n) is 11.7. The van der Waals surface area contributed by atoms with Gasteiger partial charge in [0.2, 0.25) is 0 Å². The third-order valence-corrected chi connectivity index (χ3v) is 7.43. The summed E-state index contributed by atoms with van der Waals surface area (Å²) in [5.74, 6) is 0. The number of carbonyl (C=O) groups is 1. The standard InChI is InChI=1S/C22H39N3O2/c26-21(23-18-7-3-1-4-8-18)24-19-10-15-25(16-11-19)17-20-9-14-22(27-20)12-5-2-6-13-22/h18-20H,1-17H2,(H2,23,24,26). The first kappa shape index (κ1) is 19.5. The third-order valence-electron chi connectivity index (χ3n) is 7.43. The fourth-order valence-corrected chi connectivity index (χ4v) is 5.80. The highest BCUT2D eigenvalue weighted by Gasteiger charge is 2.41. The minimum Gasteiger partial charge on any atom is -0.370 e. The lowest BCUT2D eigenvalue weighted by Crippen LogP contribution is -2.51. The Balaban J connectivity index is 1.13. The monoisotopic (exact) mass is 377 g/mol. The molecule has 5 heteroatoms. The molecule has 5 nitrogen and oxygen atoms in total. The van der Waals surface area contributed by atoms with Crippen LogP contribution in [0.25, 0.3) is 0 Å². The lowest BCUT2D eigenvalue weighted by molar-refractivity contribution is -0.0731. The number of hydrogen-bond donors (Lipinski definition) is 2. The van der Waals surface area contributed by atoms with E-state index in [1.54, 1.807) is 0 Å². The lowest BCUT2D eigenvalue weighted by atomic mass is 9.83. The minimum absolute atomic E-state index is 0.0544. The molecule has 2 saturated heterocycles. The van der Waals surface area contributed by atoms with E-state index in [0.717, 1.165) is 45.3 Å². The van der Waals surface area contributed by atoms with Crippen LogP contribution >= 0.6 is 0 Å². The molecule has 27 heavy (non-hydrogen) atoms. The molecule has 1 spiro atoms. The van der Waals surface area contributed by atoms with Gasteiger partial charge < -0.3 is 20.3 Å². The second-order valence-electron chi connectivity index (χ2n) is 9.55. The van der Waals surface area contributed by atoms with Gasteiger partial charge >= 0.3 is 6.03 Å². The first-order valence-corrected chi connectivity index (χ1v) is 11.7. The Bertz CT molecular complexity index is 478. The van der Waals surface area contributed by atoms with Gasteiger partial charge in [-0.1, -0.05) is 38.5 Å². The number of rotatable bonds is 4. The molecule has 2 heterocycles. The Kier molecular flexibility index (Phi) is 6.59. The summed E-state index contributed by atoms with van der Waals surface area (Å²) in [7, 11) is 0. The zero-order valence-corrected chi connectivity index (χ0v) is 17.0. The van der Waals surface area contributed by atoms with E-state index in [1.807, 2.05) is 0 Å². The Hall–Kier alpha value is -0.810. The van der Waals surface area contributed by atoms with Crippen LogP contribution in [0, 0.1) is 0 Å². The quantitative estimate of drug-likeness (QED) is 0.779. The van der Waals surface area contributed by atoms with Gasteiger partial charge in [-0.15, -0.1) is 0 Å². The number of hydrogen-bond acceptors (Lipinski definition) is 3. The molecule has 2 N–H and O–H groups in total. The Morgan fingerprint density at radius 3 is 2.15 bits per heavy atom. The Morgan fingerprint density at radius 2 is 1.44 bits per heavy atom. The van der Waals surface area contributed by atoms with Crippen molar-refractivity contribution in [3.63, 3.8) is 0 Å². The fraction of sp³-hybridized carbons (Fsp3) is 0.955. The molecule has 1 unspecified atom stereocenters. The number of urea groups is 1. The maximum atomic E-state index is 12.3. The number of amides is 2. The average molecular weight is 378 g/mol. The van der Waals surface area contributed by atoms with E-state index >= 15 is 0 Å². The van der Waals surface area contributed by atoms with E-state index in [0.29, 0.717) is 18.2 Å². The van der Waals surface area contributed by atoms with E-state index in [2.05, 4.69) is 15.5 Å². The van der Waals surface area contributed by atoms with Gasteiger partial charge in [0.1, 0.15) is 0 Å². The minimum atomic E-state index is 0.0544. The highest BCUT2D eigenvalue weighted by molar-refractivity contribution is 5.74. The van der Waals surface area contributed by atoms with Gasteiger partial charge in [0.15, 0.2) is 0 Å². The number of carbonyl (C=O) groups excluding carboxylic acids is 1. The summed E-state index contributed by atoms with van der Waals surface area (Å²) in [6, 6.07) is 0.781. The predicted molar refractivity (Wildman–Crippen MR) is 108 cm³/mol. The molecular weight excluding hydrogens is 338 g/mol. The van der Waals surface area contributed by atoms with Gasteiger partial charge in [0.25, 0.3) is 0 Å². The number of nitrogens with zero attached hydrogens (tertiary/aromatic N) is 1. The average Bonchev–Trinajstić information content (AvgIpc) is 3.06. The van der Waals surface area contributed by atoms with Crippen molar-refractivity contribution in [3.8, 4) is 0 Å². The van der Waals surface area contributed by atoms with Gasteiger partial charge in [-0.25, -0.2) is 4.79 Å². The van der Waals surface area contributed by atoms with Crippen molar-refractivity contribution in [2.75, 3.05) is 19.6 Å². The molecule has 0 aromatic rings. The number of piperidine rings is 1. The molecule has 0 radical (unpaired) electrons. The van der Waals surface area contributed by atoms with Gasteiger partial charge in [-0.3, -0.25) is 0 Å². The Morgan fingerprint density at radius 1 is 0.815 bits per heavy atom. The summed E-state index contributed by atoms with van der Waals surface area (Å²) in [6.45, 7) is 3.26. The van der Waals surface area contributed by atoms with Crippen molar-refractivity contribution in [1.82, 2.24) is 15.5 Å². The summed E-state index contributed by atoms with van der Waals surface area (Å²) in [5, 5.41) is 6.40. The van der Waals surface area contributed by atoms with Crippen molar-refractivity contribution < 1.29 is 9.53 Å². The molecular formula is C22H39N3O2. The fourth-order valence-electron chi connectivity index (χ4n) is 5.80. The molecule has 0 aromatic heterocycles. The van der Waals surface area contributed by atoms with Crippen LogP contribution in [0.4, 0.5) is 4.79 Å². The van der Waals surface area contributed by atoms with E-state index in [4.69, 9.17) is 4.74 Å². The normalized spacial score (nSPS) is 30.4. The highest BCUT2D eigenvalue weighted by Crippen LogP contribution is 2.42. The third kappa shape index (κ3) is 5.38. The second kappa shape index (κ2) is 9.13. The Labute approximate surface area is 165 Å². The zero-order valence-electron chi connectivity index (χ0n) is 17.0. The largest absolute Gasteiger partial charge is 0.370 e. The molecule has 4 aliphatic rings. The van der Waals surface area contributed by atoms with Crippen LogP contribution in [0.15, 0.2) is 0 Å². The van der Waals surface area contributed by atoms with Gasteiger partial charge in [-0.05, 0) is 51.4 Å². The van der Waals surface area contributed by atoms with Crippen LogP contribution < -0.4 is 10.6 Å². The maximum absolute atomic E-state index is 12.3. The van der Waals surface area contributed by atoms with Gasteiger partial charge in [0.05, 0.1) is 11.7 Å². The zero-order chi connectivity index (χ0) is 18.5. The topological polar surface area (TPSA) is 53.6 Å². The summed E-state index contributed by atoms with van der Waals surface area (Å²) in [5.41, 5.74) is 0.236. The van der Waals surface area contributed by atoms with E-state index in [1.165, 1.54) is 64.2 Å². The lowest BCUT2D eigenvalue weighted by Gasteiger charge is -2.36. The number of ether oxygens (including phenoxy) is 1. The van der Waals surface area contributed by atoms with Crippen LogP contribution in [-0.4, -0.2) is 54.4 Å². The van der Waals surface area contributed by atoms with Crippen LogP contribution in [0.2, 0.25) is 0 Å². The molecule has 0 bridgehead atoms. The molecule has 1 atom stereocenters. The molecule has 154 valence electrons. The molecule has 2 aliphatic heterocycles. The first-order chi connectivity index (χ1) is 13.2. The van der Waals surface area contributed by atoms with Gasteiger partial charge in [0, 0.05) is 31.7 Å². The molecule has 2 aliphatic carbocycles. The van der Waals surface area contributed by atoms with Crippen molar-refractivity contribution in [2.45, 2.75) is 114 Å². The summed E-state index contributed by atoms with van der Waals surface area (Å²) < 4.78 is 6.55. The van der Waals surface area contributed by atoms with Crippen molar-refractivity contribution >= 4 is 6.03 Å².